The monoisotopic (exact) mass is 385 g/mol. The minimum Gasteiger partial charge on any atom is -0.493 e. The second kappa shape index (κ2) is 9.55. The number of hydrogen-bond donors (Lipinski definition) is 1. The molecule has 0 heterocycles. The van der Waals surface area contributed by atoms with E-state index in [1.807, 2.05) is 26.0 Å². The van der Waals surface area contributed by atoms with Crippen LogP contribution in [0.4, 0.5) is 5.69 Å². The van der Waals surface area contributed by atoms with Crippen molar-refractivity contribution in [2.24, 2.45) is 0 Å². The van der Waals surface area contributed by atoms with Crippen LogP contribution in [0.2, 0.25) is 0 Å². The molecule has 0 saturated heterocycles. The molecular weight excluding hydrogens is 362 g/mol. The molecule has 148 valence electrons. The second-order valence-corrected chi connectivity index (χ2v) is 6.26. The Kier molecular flexibility index (Phi) is 7.14. The van der Waals surface area contributed by atoms with Crippen LogP contribution in [0, 0.1) is 13.8 Å². The van der Waals surface area contributed by atoms with E-state index in [9.17, 15) is 14.4 Å². The molecule has 1 atom stereocenters. The van der Waals surface area contributed by atoms with Gasteiger partial charge in [0, 0.05) is 11.3 Å². The molecule has 2 aromatic rings. The van der Waals surface area contributed by atoms with Crippen molar-refractivity contribution in [1.29, 1.82) is 0 Å². The molecule has 0 unspecified atom stereocenters. The van der Waals surface area contributed by atoms with E-state index in [0.717, 1.165) is 11.1 Å². The number of carbonyl (C=O) groups is 3. The van der Waals surface area contributed by atoms with E-state index in [4.69, 9.17) is 14.2 Å². The maximum Gasteiger partial charge on any atom is 0.344 e. The SMILES string of the molecule is COc1cc(C=O)ccc1OCC(=O)O[C@H](C)C(=O)Nc1ccc(C)cc1C. The Balaban J connectivity index is 1.90. The van der Waals surface area contributed by atoms with Gasteiger partial charge in [0.05, 0.1) is 7.11 Å². The zero-order valence-corrected chi connectivity index (χ0v) is 16.3. The van der Waals surface area contributed by atoms with Gasteiger partial charge in [0.25, 0.3) is 5.91 Å². The maximum absolute atomic E-state index is 12.2. The molecule has 0 aliphatic carbocycles. The fraction of sp³-hybridized carbons (Fsp3) is 0.286. The molecule has 0 saturated carbocycles. The van der Waals surface area contributed by atoms with Crippen molar-refractivity contribution in [1.82, 2.24) is 0 Å². The van der Waals surface area contributed by atoms with E-state index in [1.165, 1.54) is 32.2 Å². The smallest absolute Gasteiger partial charge is 0.344 e. The van der Waals surface area contributed by atoms with Crippen molar-refractivity contribution in [3.8, 4) is 11.5 Å². The van der Waals surface area contributed by atoms with Gasteiger partial charge in [0.15, 0.2) is 24.2 Å². The first-order valence-corrected chi connectivity index (χ1v) is 8.67. The lowest BCUT2D eigenvalue weighted by atomic mass is 10.1. The molecule has 0 aromatic heterocycles. The van der Waals surface area contributed by atoms with Gasteiger partial charge in [-0.25, -0.2) is 4.79 Å². The number of aryl methyl sites for hydroxylation is 2. The second-order valence-electron chi connectivity index (χ2n) is 6.26. The van der Waals surface area contributed by atoms with Crippen molar-refractivity contribution in [2.45, 2.75) is 26.9 Å². The topological polar surface area (TPSA) is 90.9 Å². The molecule has 0 radical (unpaired) electrons. The largest absolute Gasteiger partial charge is 0.493 e. The quantitative estimate of drug-likeness (QED) is 0.555. The number of amides is 1. The summed E-state index contributed by atoms with van der Waals surface area (Å²) in [5.74, 6) is -0.534. The fourth-order valence-corrected chi connectivity index (χ4v) is 2.49. The third-order valence-electron chi connectivity index (χ3n) is 3.99. The Labute approximate surface area is 163 Å². The van der Waals surface area contributed by atoms with Gasteiger partial charge in [0.1, 0.15) is 6.29 Å². The first-order valence-electron chi connectivity index (χ1n) is 8.67. The summed E-state index contributed by atoms with van der Waals surface area (Å²) in [6.07, 6.45) is -0.312. The normalized spacial score (nSPS) is 11.3. The third-order valence-corrected chi connectivity index (χ3v) is 3.99. The summed E-state index contributed by atoms with van der Waals surface area (Å²) in [6.45, 7) is 4.93. The van der Waals surface area contributed by atoms with Crippen LogP contribution in [0.5, 0.6) is 11.5 Å². The molecule has 7 nitrogen and oxygen atoms in total. The molecule has 0 fully saturated rings. The van der Waals surface area contributed by atoms with Crippen molar-refractivity contribution in [2.75, 3.05) is 19.0 Å². The van der Waals surface area contributed by atoms with E-state index in [2.05, 4.69) is 5.32 Å². The molecular formula is C21H23NO6. The predicted octanol–water partition coefficient (Wildman–Crippen LogP) is 3.07. The number of rotatable bonds is 8. The number of methoxy groups -OCH3 is 1. The Morgan fingerprint density at radius 1 is 1.11 bits per heavy atom. The summed E-state index contributed by atoms with van der Waals surface area (Å²) < 4.78 is 15.6. The third kappa shape index (κ3) is 5.57. The van der Waals surface area contributed by atoms with E-state index < -0.39 is 24.6 Å². The predicted molar refractivity (Wildman–Crippen MR) is 104 cm³/mol. The number of ether oxygens (including phenoxy) is 3. The summed E-state index contributed by atoms with van der Waals surface area (Å²) in [4.78, 5) is 35.0. The zero-order valence-electron chi connectivity index (χ0n) is 16.3. The molecule has 7 heteroatoms. The van der Waals surface area contributed by atoms with Crippen molar-refractivity contribution in [3.05, 3.63) is 53.1 Å². The minimum atomic E-state index is -0.990. The molecule has 2 rings (SSSR count). The Hall–Kier alpha value is -3.35. The highest BCUT2D eigenvalue weighted by molar-refractivity contribution is 5.95. The number of carbonyl (C=O) groups excluding carboxylic acids is 3. The molecule has 1 amide bonds. The summed E-state index contributed by atoms with van der Waals surface area (Å²) in [6, 6.07) is 10.2. The highest BCUT2D eigenvalue weighted by Gasteiger charge is 2.19. The van der Waals surface area contributed by atoms with Gasteiger partial charge in [-0.3, -0.25) is 9.59 Å². The average molecular weight is 385 g/mol. The number of nitrogens with one attached hydrogen (secondary N) is 1. The van der Waals surface area contributed by atoms with Crippen molar-refractivity contribution < 1.29 is 28.6 Å². The first-order chi connectivity index (χ1) is 13.3. The number of anilines is 1. The lowest BCUT2D eigenvalue weighted by Gasteiger charge is -2.16. The van der Waals surface area contributed by atoms with E-state index >= 15 is 0 Å². The first kappa shape index (κ1) is 21.0. The van der Waals surface area contributed by atoms with Crippen LogP contribution in [0.25, 0.3) is 0 Å². The highest BCUT2D eigenvalue weighted by Crippen LogP contribution is 2.27. The van der Waals surface area contributed by atoms with Crippen molar-refractivity contribution in [3.63, 3.8) is 0 Å². The Bertz CT molecular complexity index is 877. The van der Waals surface area contributed by atoms with Gasteiger partial charge in [0.2, 0.25) is 0 Å². The summed E-state index contributed by atoms with van der Waals surface area (Å²) in [7, 11) is 1.43. The number of hydrogen-bond acceptors (Lipinski definition) is 6. The Morgan fingerprint density at radius 2 is 1.86 bits per heavy atom. The lowest BCUT2D eigenvalue weighted by molar-refractivity contribution is -0.155. The van der Waals surface area contributed by atoms with Gasteiger partial charge in [-0.15, -0.1) is 0 Å². The highest BCUT2D eigenvalue weighted by atomic mass is 16.6. The molecule has 2 aromatic carbocycles. The van der Waals surface area contributed by atoms with Gasteiger partial charge in [-0.2, -0.15) is 0 Å². The zero-order chi connectivity index (χ0) is 20.7. The standard InChI is InChI=1S/C21H23NO6/c1-13-5-7-17(14(2)9-13)22-21(25)15(3)28-20(24)12-27-18-8-6-16(11-23)10-19(18)26-4/h5-11,15H,12H2,1-4H3,(H,22,25)/t15-/m1/s1. The molecule has 0 aliphatic rings. The average Bonchev–Trinajstić information content (AvgIpc) is 2.68. The molecule has 1 N–H and O–H groups in total. The minimum absolute atomic E-state index is 0.289. The van der Waals surface area contributed by atoms with Gasteiger partial charge < -0.3 is 19.5 Å². The summed E-state index contributed by atoms with van der Waals surface area (Å²) in [5.41, 5.74) is 3.09. The van der Waals surface area contributed by atoms with Crippen LogP contribution < -0.4 is 14.8 Å². The lowest BCUT2D eigenvalue weighted by Crippen LogP contribution is -2.31. The summed E-state index contributed by atoms with van der Waals surface area (Å²) >= 11 is 0. The molecule has 0 bridgehead atoms. The van der Waals surface area contributed by atoms with Crippen LogP contribution in [0.3, 0.4) is 0 Å². The van der Waals surface area contributed by atoms with Crippen LogP contribution in [-0.2, 0) is 14.3 Å². The van der Waals surface area contributed by atoms with E-state index in [1.54, 1.807) is 6.07 Å². The van der Waals surface area contributed by atoms with Gasteiger partial charge in [-0.05, 0) is 50.6 Å². The Morgan fingerprint density at radius 3 is 2.50 bits per heavy atom. The number of benzene rings is 2. The van der Waals surface area contributed by atoms with E-state index in [-0.39, 0.29) is 5.75 Å². The molecule has 28 heavy (non-hydrogen) atoms. The van der Waals surface area contributed by atoms with Crippen LogP contribution >= 0.6 is 0 Å². The maximum atomic E-state index is 12.2. The van der Waals surface area contributed by atoms with Crippen molar-refractivity contribution >= 4 is 23.9 Å². The number of esters is 1. The van der Waals surface area contributed by atoms with Gasteiger partial charge in [-0.1, -0.05) is 17.7 Å². The fourth-order valence-electron chi connectivity index (χ4n) is 2.49. The molecule has 0 spiro atoms. The molecule has 0 aliphatic heterocycles. The van der Waals surface area contributed by atoms with Crippen LogP contribution in [0.15, 0.2) is 36.4 Å². The van der Waals surface area contributed by atoms with E-state index in [0.29, 0.717) is 23.3 Å². The van der Waals surface area contributed by atoms with Crippen LogP contribution in [0.1, 0.15) is 28.4 Å². The van der Waals surface area contributed by atoms with Gasteiger partial charge >= 0.3 is 5.97 Å². The number of aldehydes is 1. The summed E-state index contributed by atoms with van der Waals surface area (Å²) in [5, 5.41) is 2.74. The van der Waals surface area contributed by atoms with Crippen LogP contribution in [-0.4, -0.2) is 38.0 Å².